The van der Waals surface area contributed by atoms with Crippen LogP contribution in [0.25, 0.3) is 10.9 Å². The van der Waals surface area contributed by atoms with E-state index in [1.165, 1.54) is 22.2 Å². The van der Waals surface area contributed by atoms with E-state index in [0.29, 0.717) is 26.1 Å². The molecule has 0 amide bonds. The molecule has 1 aliphatic heterocycles. The van der Waals surface area contributed by atoms with E-state index in [2.05, 4.69) is 58.5 Å². The zero-order chi connectivity index (χ0) is 25.3. The topological polar surface area (TPSA) is 70.3 Å². The Hall–Kier alpha value is -2.42. The summed E-state index contributed by atoms with van der Waals surface area (Å²) in [5.41, 5.74) is 4.79. The molecule has 1 saturated heterocycles. The molecule has 7 heteroatoms. The number of rotatable bonds is 13. The molecule has 1 atom stereocenters. The fraction of sp³-hybridized carbons (Fsp3) is 0.517. The van der Waals surface area contributed by atoms with Gasteiger partial charge in [0, 0.05) is 62.5 Å². The van der Waals surface area contributed by atoms with Crippen molar-refractivity contribution in [3.05, 3.63) is 65.4 Å². The van der Waals surface area contributed by atoms with Crippen molar-refractivity contribution < 1.29 is 19.7 Å². The number of aliphatic hydroxyl groups is 2. The number of benzene rings is 2. The van der Waals surface area contributed by atoms with Crippen molar-refractivity contribution in [1.82, 2.24) is 14.4 Å². The molecule has 3 aromatic rings. The lowest BCUT2D eigenvalue weighted by Gasteiger charge is -2.26. The summed E-state index contributed by atoms with van der Waals surface area (Å²) >= 11 is 0. The van der Waals surface area contributed by atoms with Crippen LogP contribution in [-0.2, 0) is 17.8 Å². The third-order valence-electron chi connectivity index (χ3n) is 7.15. The Kier molecular flexibility index (Phi) is 9.78. The summed E-state index contributed by atoms with van der Waals surface area (Å²) in [6.07, 6.45) is 0.167. The molecule has 1 unspecified atom stereocenters. The fourth-order valence-electron chi connectivity index (χ4n) is 5.00. The number of hydrogen-bond donors (Lipinski definition) is 2. The Labute approximate surface area is 214 Å². The number of fused-ring (bicyclic) bond motifs is 1. The van der Waals surface area contributed by atoms with Gasteiger partial charge in [-0.25, -0.2) is 0 Å². The number of nitrogens with zero attached hydrogens (tertiary/aromatic N) is 3. The van der Waals surface area contributed by atoms with Gasteiger partial charge >= 0.3 is 0 Å². The summed E-state index contributed by atoms with van der Waals surface area (Å²) in [6.45, 7) is 12.1. The molecule has 2 heterocycles. The second kappa shape index (κ2) is 13.2. The van der Waals surface area contributed by atoms with E-state index in [-0.39, 0.29) is 6.61 Å². The van der Waals surface area contributed by atoms with Crippen LogP contribution >= 0.6 is 0 Å². The third kappa shape index (κ3) is 7.08. The van der Waals surface area contributed by atoms with Crippen LogP contribution in [0.15, 0.2) is 48.5 Å². The van der Waals surface area contributed by atoms with Gasteiger partial charge in [-0.2, -0.15) is 0 Å². The summed E-state index contributed by atoms with van der Waals surface area (Å²) in [5.74, 6) is 0.874. The first kappa shape index (κ1) is 26.6. The molecule has 0 saturated carbocycles. The van der Waals surface area contributed by atoms with Crippen LogP contribution in [0, 0.1) is 13.8 Å². The third-order valence-corrected chi connectivity index (χ3v) is 7.15. The van der Waals surface area contributed by atoms with Crippen molar-refractivity contribution in [1.29, 1.82) is 0 Å². The Morgan fingerprint density at radius 1 is 1.06 bits per heavy atom. The average Bonchev–Trinajstić information content (AvgIpc) is 3.14. The van der Waals surface area contributed by atoms with Crippen molar-refractivity contribution in [2.75, 3.05) is 59.2 Å². The zero-order valence-electron chi connectivity index (χ0n) is 21.7. The molecule has 4 rings (SSSR count). The van der Waals surface area contributed by atoms with E-state index in [1.807, 2.05) is 18.2 Å². The lowest BCUT2D eigenvalue weighted by molar-refractivity contribution is 0.0322. The van der Waals surface area contributed by atoms with Crippen molar-refractivity contribution in [3.63, 3.8) is 0 Å². The molecule has 36 heavy (non-hydrogen) atoms. The Bertz CT molecular complexity index is 1080. The molecule has 0 radical (unpaired) electrons. The van der Waals surface area contributed by atoms with Crippen LogP contribution < -0.4 is 4.74 Å². The van der Waals surface area contributed by atoms with E-state index < -0.39 is 6.10 Å². The van der Waals surface area contributed by atoms with Crippen LogP contribution in [0.5, 0.6) is 5.75 Å². The summed E-state index contributed by atoms with van der Waals surface area (Å²) in [7, 11) is 0. The number of para-hydroxylation sites is 1. The fourth-order valence-corrected chi connectivity index (χ4v) is 5.00. The predicted molar refractivity (Wildman–Crippen MR) is 144 cm³/mol. The Morgan fingerprint density at radius 3 is 2.56 bits per heavy atom. The number of hydrogen-bond acceptors (Lipinski definition) is 6. The molecule has 0 aliphatic carbocycles. The first-order chi connectivity index (χ1) is 17.5. The molecule has 2 N–H and O–H groups in total. The number of aliphatic hydroxyl groups excluding tert-OH is 2. The molecular weight excluding hydrogens is 454 g/mol. The minimum absolute atomic E-state index is 0.142. The summed E-state index contributed by atoms with van der Waals surface area (Å²) in [5, 5.41) is 21.7. The minimum Gasteiger partial charge on any atom is -0.492 e. The second-order valence-corrected chi connectivity index (χ2v) is 9.75. The number of aryl methyl sites for hydroxylation is 1. The van der Waals surface area contributed by atoms with Gasteiger partial charge < -0.3 is 24.3 Å². The molecule has 2 aromatic carbocycles. The SMILES string of the molecule is Cc1c(C)n(CC(O)CN(CCCO)Cc2ccc(OCCN3CCOCC3)cc2)c2ccccc12. The van der Waals surface area contributed by atoms with Crippen molar-refractivity contribution in [2.45, 2.75) is 39.5 Å². The van der Waals surface area contributed by atoms with Gasteiger partial charge in [-0.15, -0.1) is 0 Å². The van der Waals surface area contributed by atoms with E-state index in [0.717, 1.165) is 57.2 Å². The molecule has 1 aliphatic rings. The van der Waals surface area contributed by atoms with Crippen molar-refractivity contribution in [3.8, 4) is 5.75 Å². The molecule has 1 aromatic heterocycles. The first-order valence-electron chi connectivity index (χ1n) is 13.1. The van der Waals surface area contributed by atoms with E-state index in [4.69, 9.17) is 9.47 Å². The smallest absolute Gasteiger partial charge is 0.119 e. The average molecular weight is 496 g/mol. The summed E-state index contributed by atoms with van der Waals surface area (Å²) < 4.78 is 13.6. The highest BCUT2D eigenvalue weighted by molar-refractivity contribution is 5.85. The normalized spacial score (nSPS) is 15.6. The predicted octanol–water partition coefficient (Wildman–Crippen LogP) is 3.21. The summed E-state index contributed by atoms with van der Waals surface area (Å²) in [4.78, 5) is 4.59. The second-order valence-electron chi connectivity index (χ2n) is 9.75. The van der Waals surface area contributed by atoms with Gasteiger partial charge in [0.05, 0.1) is 25.9 Å². The van der Waals surface area contributed by atoms with Gasteiger partial charge in [-0.3, -0.25) is 9.80 Å². The lowest BCUT2D eigenvalue weighted by atomic mass is 10.2. The highest BCUT2D eigenvalue weighted by atomic mass is 16.5. The molecule has 0 spiro atoms. The number of morpholine rings is 1. The van der Waals surface area contributed by atoms with Gasteiger partial charge in [0.2, 0.25) is 0 Å². The van der Waals surface area contributed by atoms with Crippen LogP contribution in [0.1, 0.15) is 23.2 Å². The quantitative estimate of drug-likeness (QED) is 0.380. The van der Waals surface area contributed by atoms with E-state index >= 15 is 0 Å². The van der Waals surface area contributed by atoms with E-state index in [1.54, 1.807) is 0 Å². The maximum Gasteiger partial charge on any atom is 0.119 e. The van der Waals surface area contributed by atoms with Crippen molar-refractivity contribution >= 4 is 10.9 Å². The number of aromatic nitrogens is 1. The van der Waals surface area contributed by atoms with Crippen LogP contribution in [0.4, 0.5) is 0 Å². The lowest BCUT2D eigenvalue weighted by Crippen LogP contribution is -2.38. The maximum absolute atomic E-state index is 11.0. The van der Waals surface area contributed by atoms with Crippen LogP contribution in [0.2, 0.25) is 0 Å². The summed E-state index contributed by atoms with van der Waals surface area (Å²) in [6, 6.07) is 16.6. The van der Waals surface area contributed by atoms with Gasteiger partial charge in [-0.1, -0.05) is 30.3 Å². The highest BCUT2D eigenvalue weighted by Gasteiger charge is 2.17. The monoisotopic (exact) mass is 495 g/mol. The van der Waals surface area contributed by atoms with Crippen LogP contribution in [0.3, 0.4) is 0 Å². The Balaban J connectivity index is 1.32. The largest absolute Gasteiger partial charge is 0.492 e. The minimum atomic E-state index is -0.514. The van der Waals surface area contributed by atoms with E-state index in [9.17, 15) is 10.2 Å². The number of ether oxygens (including phenoxy) is 2. The van der Waals surface area contributed by atoms with Gasteiger partial charge in [-0.05, 0) is 49.6 Å². The molecule has 1 fully saturated rings. The van der Waals surface area contributed by atoms with Crippen molar-refractivity contribution in [2.24, 2.45) is 0 Å². The Morgan fingerprint density at radius 2 is 1.81 bits per heavy atom. The standard InChI is InChI=1S/C29H41N3O4/c1-23-24(2)32(29-7-4-3-6-28(23)29)22-26(34)21-31(12-5-16-33)20-25-8-10-27(11-9-25)36-19-15-30-13-17-35-18-14-30/h3-4,6-11,26,33-34H,5,12-22H2,1-2H3. The maximum atomic E-state index is 11.0. The zero-order valence-corrected chi connectivity index (χ0v) is 21.7. The highest BCUT2D eigenvalue weighted by Crippen LogP contribution is 2.25. The van der Waals surface area contributed by atoms with Gasteiger partial charge in [0.25, 0.3) is 0 Å². The van der Waals surface area contributed by atoms with Crippen LogP contribution in [-0.4, -0.2) is 89.8 Å². The van der Waals surface area contributed by atoms with Gasteiger partial charge in [0.1, 0.15) is 12.4 Å². The molecule has 196 valence electrons. The molecule has 7 nitrogen and oxygen atoms in total. The van der Waals surface area contributed by atoms with Gasteiger partial charge in [0.15, 0.2) is 0 Å². The molecule has 0 bridgehead atoms. The molecular formula is C29H41N3O4. The first-order valence-corrected chi connectivity index (χ1v) is 13.1.